The molecule has 3 nitrogen and oxygen atoms in total. The lowest BCUT2D eigenvalue weighted by atomic mass is 10.2. The second-order valence-electron chi connectivity index (χ2n) is 4.04. The fraction of sp³-hybridized carbons (Fsp3) is 0.417. The van der Waals surface area contributed by atoms with Gasteiger partial charge in [0.2, 0.25) is 0 Å². The van der Waals surface area contributed by atoms with Gasteiger partial charge >= 0.3 is 0 Å². The topological polar surface area (TPSA) is 23.6 Å². The van der Waals surface area contributed by atoms with E-state index in [1.807, 2.05) is 19.0 Å². The van der Waals surface area contributed by atoms with E-state index < -0.39 is 0 Å². The maximum absolute atomic E-state index is 11.9. The van der Waals surface area contributed by atoms with Crippen molar-refractivity contribution in [1.29, 1.82) is 0 Å². The van der Waals surface area contributed by atoms with Gasteiger partial charge < -0.3 is 9.80 Å². The highest BCUT2D eigenvalue weighted by Crippen LogP contribution is 2.10. The minimum absolute atomic E-state index is 0.0264. The second-order valence-corrected chi connectivity index (χ2v) is 4.47. The van der Waals surface area contributed by atoms with Crippen LogP contribution in [0.15, 0.2) is 24.3 Å². The highest BCUT2D eigenvalue weighted by molar-refractivity contribution is 6.30. The summed E-state index contributed by atoms with van der Waals surface area (Å²) < 4.78 is 0. The summed E-state index contributed by atoms with van der Waals surface area (Å²) >= 11 is 5.77. The smallest absolute Gasteiger partial charge is 0.253 e. The number of hydrogen-bond acceptors (Lipinski definition) is 2. The van der Waals surface area contributed by atoms with Crippen LogP contribution in [0.3, 0.4) is 0 Å². The van der Waals surface area contributed by atoms with Crippen molar-refractivity contribution in [1.82, 2.24) is 9.80 Å². The van der Waals surface area contributed by atoms with Gasteiger partial charge in [-0.1, -0.05) is 11.6 Å². The van der Waals surface area contributed by atoms with E-state index in [1.165, 1.54) is 0 Å². The van der Waals surface area contributed by atoms with E-state index in [4.69, 9.17) is 11.6 Å². The highest BCUT2D eigenvalue weighted by Gasteiger charge is 2.10. The summed E-state index contributed by atoms with van der Waals surface area (Å²) in [6.07, 6.45) is 0. The van der Waals surface area contributed by atoms with Crippen molar-refractivity contribution in [3.8, 4) is 0 Å². The van der Waals surface area contributed by atoms with Crippen LogP contribution in [-0.4, -0.2) is 49.9 Å². The molecule has 0 aromatic heterocycles. The quantitative estimate of drug-likeness (QED) is 0.804. The SMILES string of the molecule is CN(C)CCN(C)C(=O)c1ccc(Cl)cc1. The van der Waals surface area contributed by atoms with Crippen LogP contribution in [-0.2, 0) is 0 Å². The lowest BCUT2D eigenvalue weighted by molar-refractivity contribution is 0.0786. The molecule has 0 spiro atoms. The molecule has 0 N–H and O–H groups in total. The number of benzene rings is 1. The Labute approximate surface area is 102 Å². The standard InChI is InChI=1S/C12H17ClN2O/c1-14(2)8-9-15(3)12(16)10-4-6-11(13)7-5-10/h4-7H,8-9H2,1-3H3. The Kier molecular flexibility index (Phi) is 4.77. The average Bonchev–Trinajstić information content (AvgIpc) is 2.26. The molecule has 0 fully saturated rings. The van der Waals surface area contributed by atoms with E-state index in [2.05, 4.69) is 0 Å². The number of amides is 1. The zero-order chi connectivity index (χ0) is 12.1. The van der Waals surface area contributed by atoms with Crippen LogP contribution in [0.25, 0.3) is 0 Å². The number of halogens is 1. The first kappa shape index (κ1) is 13.0. The molecule has 0 aliphatic heterocycles. The monoisotopic (exact) mass is 240 g/mol. The Balaban J connectivity index is 2.60. The van der Waals surface area contributed by atoms with Crippen LogP contribution in [0.1, 0.15) is 10.4 Å². The van der Waals surface area contributed by atoms with Crippen LogP contribution >= 0.6 is 11.6 Å². The van der Waals surface area contributed by atoms with Crippen molar-refractivity contribution < 1.29 is 4.79 Å². The molecule has 0 atom stereocenters. The minimum Gasteiger partial charge on any atom is -0.340 e. The fourth-order valence-electron chi connectivity index (χ4n) is 1.26. The number of rotatable bonds is 4. The second kappa shape index (κ2) is 5.87. The van der Waals surface area contributed by atoms with E-state index in [0.29, 0.717) is 17.1 Å². The molecule has 0 aliphatic rings. The molecule has 0 unspecified atom stereocenters. The Bertz CT molecular complexity index is 349. The van der Waals surface area contributed by atoms with Gasteiger partial charge in [0, 0.05) is 30.7 Å². The van der Waals surface area contributed by atoms with Crippen LogP contribution in [0.2, 0.25) is 5.02 Å². The van der Waals surface area contributed by atoms with Gasteiger partial charge in [-0.25, -0.2) is 0 Å². The summed E-state index contributed by atoms with van der Waals surface area (Å²) in [4.78, 5) is 15.7. The van der Waals surface area contributed by atoms with Crippen LogP contribution in [0, 0.1) is 0 Å². The van der Waals surface area contributed by atoms with Crippen LogP contribution < -0.4 is 0 Å². The van der Waals surface area contributed by atoms with Gasteiger partial charge in [-0.05, 0) is 38.4 Å². The first-order chi connectivity index (χ1) is 7.50. The van der Waals surface area contributed by atoms with Crippen LogP contribution in [0.5, 0.6) is 0 Å². The first-order valence-corrected chi connectivity index (χ1v) is 5.54. The Morgan fingerprint density at radius 3 is 2.19 bits per heavy atom. The molecule has 1 rings (SSSR count). The molecule has 16 heavy (non-hydrogen) atoms. The highest BCUT2D eigenvalue weighted by atomic mass is 35.5. The molecule has 4 heteroatoms. The van der Waals surface area contributed by atoms with Gasteiger partial charge in [-0.3, -0.25) is 4.79 Å². The number of carbonyl (C=O) groups is 1. The number of likely N-dealkylation sites (N-methyl/N-ethyl adjacent to an activating group) is 2. The van der Waals surface area contributed by atoms with Gasteiger partial charge in [0.25, 0.3) is 5.91 Å². The molecule has 88 valence electrons. The van der Waals surface area contributed by atoms with Crippen molar-refractivity contribution in [3.63, 3.8) is 0 Å². The Morgan fingerprint density at radius 2 is 1.69 bits per heavy atom. The number of nitrogens with zero attached hydrogens (tertiary/aromatic N) is 2. The molecule has 0 saturated carbocycles. The van der Waals surface area contributed by atoms with Gasteiger partial charge in [0.05, 0.1) is 0 Å². The summed E-state index contributed by atoms with van der Waals surface area (Å²) in [6.45, 7) is 1.57. The van der Waals surface area contributed by atoms with Crippen molar-refractivity contribution in [2.75, 3.05) is 34.2 Å². The predicted molar refractivity (Wildman–Crippen MR) is 67.0 cm³/mol. The molecule has 1 aromatic rings. The van der Waals surface area contributed by atoms with E-state index in [9.17, 15) is 4.79 Å². The average molecular weight is 241 g/mol. The third-order valence-corrected chi connectivity index (χ3v) is 2.57. The van der Waals surface area contributed by atoms with E-state index >= 15 is 0 Å². The van der Waals surface area contributed by atoms with Crippen molar-refractivity contribution in [2.45, 2.75) is 0 Å². The molecule has 1 amide bonds. The summed E-state index contributed by atoms with van der Waals surface area (Å²) in [6, 6.07) is 6.96. The third-order valence-electron chi connectivity index (χ3n) is 2.32. The molecule has 0 saturated heterocycles. The number of hydrogen-bond donors (Lipinski definition) is 0. The summed E-state index contributed by atoms with van der Waals surface area (Å²) in [5.74, 6) is 0.0264. The lowest BCUT2D eigenvalue weighted by Crippen LogP contribution is -2.33. The largest absolute Gasteiger partial charge is 0.340 e. The van der Waals surface area contributed by atoms with Gasteiger partial charge in [0.15, 0.2) is 0 Å². The van der Waals surface area contributed by atoms with E-state index in [-0.39, 0.29) is 5.91 Å². The fourth-order valence-corrected chi connectivity index (χ4v) is 1.39. The zero-order valence-corrected chi connectivity index (χ0v) is 10.7. The third kappa shape index (κ3) is 3.83. The maximum atomic E-state index is 11.9. The summed E-state index contributed by atoms with van der Waals surface area (Å²) in [5.41, 5.74) is 0.672. The van der Waals surface area contributed by atoms with Crippen molar-refractivity contribution in [2.24, 2.45) is 0 Å². The van der Waals surface area contributed by atoms with Gasteiger partial charge in [0.1, 0.15) is 0 Å². The van der Waals surface area contributed by atoms with Gasteiger partial charge in [-0.2, -0.15) is 0 Å². The Hall–Kier alpha value is -1.06. The van der Waals surface area contributed by atoms with Crippen molar-refractivity contribution >= 4 is 17.5 Å². The lowest BCUT2D eigenvalue weighted by Gasteiger charge is -2.19. The molecule has 0 aliphatic carbocycles. The first-order valence-electron chi connectivity index (χ1n) is 5.16. The van der Waals surface area contributed by atoms with E-state index in [1.54, 1.807) is 36.2 Å². The normalized spacial score (nSPS) is 10.6. The molecular weight excluding hydrogens is 224 g/mol. The summed E-state index contributed by atoms with van der Waals surface area (Å²) in [5, 5.41) is 0.646. The van der Waals surface area contributed by atoms with Crippen LogP contribution in [0.4, 0.5) is 0 Å². The van der Waals surface area contributed by atoms with Gasteiger partial charge in [-0.15, -0.1) is 0 Å². The summed E-state index contributed by atoms with van der Waals surface area (Å²) in [7, 11) is 5.78. The molecule has 0 radical (unpaired) electrons. The van der Waals surface area contributed by atoms with Crippen molar-refractivity contribution in [3.05, 3.63) is 34.9 Å². The maximum Gasteiger partial charge on any atom is 0.253 e. The molecular formula is C12H17ClN2O. The van der Waals surface area contributed by atoms with E-state index in [0.717, 1.165) is 6.54 Å². The Morgan fingerprint density at radius 1 is 1.12 bits per heavy atom. The minimum atomic E-state index is 0.0264. The number of carbonyl (C=O) groups excluding carboxylic acids is 1. The molecule has 0 bridgehead atoms. The predicted octanol–water partition coefficient (Wildman–Crippen LogP) is 1.97. The zero-order valence-electron chi connectivity index (χ0n) is 9.90. The molecule has 0 heterocycles. The molecule has 1 aromatic carbocycles.